The number of aldehydes is 1. The molecule has 210 valence electrons. The molecule has 10 nitrogen and oxygen atoms in total. The highest BCUT2D eigenvalue weighted by Gasteiger charge is 2.25. The van der Waals surface area contributed by atoms with Gasteiger partial charge in [0, 0.05) is 46.9 Å². The van der Waals surface area contributed by atoms with Crippen LogP contribution >= 0.6 is 0 Å². The predicted octanol–water partition coefficient (Wildman–Crippen LogP) is 4.69. The summed E-state index contributed by atoms with van der Waals surface area (Å²) in [5, 5.41) is 10.9. The van der Waals surface area contributed by atoms with Crippen LogP contribution in [0.2, 0.25) is 0 Å². The van der Waals surface area contributed by atoms with Gasteiger partial charge in [-0.25, -0.2) is 14.4 Å². The Morgan fingerprint density at radius 3 is 2.64 bits per heavy atom. The second-order valence-electron chi connectivity index (χ2n) is 9.48. The molecule has 0 radical (unpaired) electrons. The summed E-state index contributed by atoms with van der Waals surface area (Å²) in [6.07, 6.45) is 4.77. The number of ether oxygens (including phenoxy) is 1. The van der Waals surface area contributed by atoms with Crippen LogP contribution < -0.4 is 10.1 Å². The predicted molar refractivity (Wildman–Crippen MR) is 155 cm³/mol. The maximum Gasteiger partial charge on any atom is 0.181 e. The zero-order valence-electron chi connectivity index (χ0n) is 23.4. The van der Waals surface area contributed by atoms with Gasteiger partial charge in [0.15, 0.2) is 24.1 Å². The molecule has 0 spiro atoms. The fourth-order valence-electron chi connectivity index (χ4n) is 3.66. The van der Waals surface area contributed by atoms with Gasteiger partial charge in [0.2, 0.25) is 0 Å². The third-order valence-electron chi connectivity index (χ3n) is 6.22. The first-order valence-corrected chi connectivity index (χ1v) is 13.1. The normalized spacial score (nSPS) is 13.7. The monoisotopic (exact) mass is 538 g/mol. The smallest absolute Gasteiger partial charge is 0.181 e. The van der Waals surface area contributed by atoms with E-state index in [4.69, 9.17) is 4.74 Å². The zero-order valence-corrected chi connectivity index (χ0v) is 23.4. The van der Waals surface area contributed by atoms with Crippen LogP contribution in [0, 0.1) is 12.7 Å². The molecule has 0 saturated heterocycles. The maximum atomic E-state index is 14.8. The van der Waals surface area contributed by atoms with E-state index in [0.29, 0.717) is 40.8 Å². The minimum atomic E-state index is -0.450. The number of likely N-dealkylation sites (N-methyl/N-ethyl adjacent to an activating group) is 1. The Morgan fingerprint density at radius 2 is 2.03 bits per heavy atom. The number of aliphatic imine (C=N–C) groups is 2. The standard InChI is InChI=1S/C24H28FN7O2.C4H11N/c1-4-32(9-10-33)23(13-21(26-3)29-22-12-19(30-31-22)16-5-6-16)27-14-34-20-8-7-18-17(24(20)25)11-15(2)28-18;1-4-5(2)3/h7-8,10-13,16,28H,3-6,9,14H2,1-2H3,(H2,29,30,31);4H2,1-3H3/b21-13+,27-23+;. The first kappa shape index (κ1) is 29.6. The van der Waals surface area contributed by atoms with Crippen molar-refractivity contribution in [2.24, 2.45) is 9.98 Å². The topological polar surface area (TPSA) is 114 Å². The zero-order chi connectivity index (χ0) is 28.4. The highest BCUT2D eigenvalue weighted by Crippen LogP contribution is 2.39. The van der Waals surface area contributed by atoms with Gasteiger partial charge in [-0.05, 0) is 72.2 Å². The first-order chi connectivity index (χ1) is 18.8. The van der Waals surface area contributed by atoms with Crippen molar-refractivity contribution >= 4 is 35.6 Å². The van der Waals surface area contributed by atoms with Crippen molar-refractivity contribution in [1.82, 2.24) is 25.0 Å². The van der Waals surface area contributed by atoms with Gasteiger partial charge in [-0.15, -0.1) is 0 Å². The average Bonchev–Trinajstić information content (AvgIpc) is 3.55. The van der Waals surface area contributed by atoms with Crippen molar-refractivity contribution < 1.29 is 13.9 Å². The molecule has 2 heterocycles. The van der Waals surface area contributed by atoms with E-state index in [2.05, 4.69) is 63.1 Å². The second kappa shape index (κ2) is 14.2. The summed E-state index contributed by atoms with van der Waals surface area (Å²) in [7, 11) is 4.11. The second-order valence-corrected chi connectivity index (χ2v) is 9.48. The molecule has 0 atom stereocenters. The van der Waals surface area contributed by atoms with Gasteiger partial charge < -0.3 is 29.6 Å². The van der Waals surface area contributed by atoms with E-state index in [1.54, 1.807) is 29.2 Å². The van der Waals surface area contributed by atoms with Crippen molar-refractivity contribution in [3.63, 3.8) is 0 Å². The largest absolute Gasteiger partial charge is 0.468 e. The molecular weight excluding hydrogens is 499 g/mol. The summed E-state index contributed by atoms with van der Waals surface area (Å²) in [5.74, 6) is 1.66. The highest BCUT2D eigenvalue weighted by molar-refractivity contribution is 5.95. The number of aryl methyl sites for hydroxylation is 1. The van der Waals surface area contributed by atoms with Crippen molar-refractivity contribution in [2.45, 2.75) is 39.5 Å². The Hall–Kier alpha value is -3.99. The molecule has 2 aromatic heterocycles. The summed E-state index contributed by atoms with van der Waals surface area (Å²) in [5.41, 5.74) is 2.65. The Kier molecular flexibility index (Phi) is 10.8. The van der Waals surface area contributed by atoms with Crippen LogP contribution in [0.15, 0.2) is 46.1 Å². The third kappa shape index (κ3) is 8.51. The summed E-state index contributed by atoms with van der Waals surface area (Å²) in [6, 6.07) is 7.00. The Morgan fingerprint density at radius 1 is 1.28 bits per heavy atom. The van der Waals surface area contributed by atoms with Crippen LogP contribution in [0.3, 0.4) is 0 Å². The molecule has 1 fully saturated rings. The number of nitrogens with one attached hydrogen (secondary N) is 3. The van der Waals surface area contributed by atoms with Gasteiger partial charge in [-0.2, -0.15) is 5.10 Å². The van der Waals surface area contributed by atoms with Crippen LogP contribution in [-0.2, 0) is 4.79 Å². The van der Waals surface area contributed by atoms with E-state index >= 15 is 0 Å². The number of rotatable bonds is 12. The molecule has 0 bridgehead atoms. The molecule has 1 aliphatic carbocycles. The summed E-state index contributed by atoms with van der Waals surface area (Å²) in [4.78, 5) is 26.7. The molecule has 3 N–H and O–H groups in total. The lowest BCUT2D eigenvalue weighted by atomic mass is 10.2. The first-order valence-electron chi connectivity index (χ1n) is 13.1. The molecule has 4 rings (SSSR count). The number of anilines is 1. The van der Waals surface area contributed by atoms with Crippen LogP contribution in [0.4, 0.5) is 10.2 Å². The number of benzene rings is 1. The SMILES string of the molecule is C=N/C(=C\C(=N/COc1ccc2[nH]c(C)cc2c1F)N(CC)CC=O)Nc1cc(C2CC2)[nH]n1.CCN(C)C. The fourth-order valence-corrected chi connectivity index (χ4v) is 3.66. The number of aromatic nitrogens is 3. The highest BCUT2D eigenvalue weighted by atomic mass is 19.1. The molecule has 0 unspecified atom stereocenters. The van der Waals surface area contributed by atoms with Crippen molar-refractivity contribution in [3.8, 4) is 5.75 Å². The van der Waals surface area contributed by atoms with Gasteiger partial charge in [0.25, 0.3) is 0 Å². The lowest BCUT2D eigenvalue weighted by molar-refractivity contribution is -0.108. The number of H-pyrrole nitrogens is 2. The maximum absolute atomic E-state index is 14.8. The van der Waals surface area contributed by atoms with Crippen LogP contribution in [0.5, 0.6) is 5.75 Å². The number of halogens is 1. The van der Waals surface area contributed by atoms with Crippen molar-refractivity contribution in [3.05, 3.63) is 53.4 Å². The van der Waals surface area contributed by atoms with Gasteiger partial charge in [0.05, 0.1) is 6.54 Å². The molecule has 3 aromatic rings. The number of aromatic amines is 2. The number of carbonyl (C=O) groups excluding carboxylic acids is 1. The third-order valence-corrected chi connectivity index (χ3v) is 6.22. The molecule has 0 aliphatic heterocycles. The van der Waals surface area contributed by atoms with Crippen LogP contribution in [0.1, 0.15) is 44.0 Å². The summed E-state index contributed by atoms with van der Waals surface area (Å²) >= 11 is 0. The Bertz CT molecular complexity index is 1310. The van der Waals surface area contributed by atoms with Gasteiger partial charge in [-0.3, -0.25) is 5.10 Å². The van der Waals surface area contributed by atoms with E-state index in [0.717, 1.165) is 37.1 Å². The lowest BCUT2D eigenvalue weighted by Gasteiger charge is -2.20. The Labute approximate surface area is 229 Å². The van der Waals surface area contributed by atoms with E-state index in [1.807, 2.05) is 19.9 Å². The number of nitrogens with zero attached hydrogens (tertiary/aromatic N) is 5. The molecule has 39 heavy (non-hydrogen) atoms. The molecule has 1 saturated carbocycles. The van der Waals surface area contributed by atoms with Gasteiger partial charge >= 0.3 is 0 Å². The molecule has 1 aliphatic rings. The Balaban J connectivity index is 0.000000771. The fraction of sp³-hybridized carbons (Fsp3) is 0.429. The van der Waals surface area contributed by atoms with E-state index < -0.39 is 5.82 Å². The average molecular weight is 539 g/mol. The minimum absolute atomic E-state index is 0.0985. The number of hydrogen-bond acceptors (Lipinski definition) is 7. The van der Waals surface area contributed by atoms with Gasteiger partial charge in [0.1, 0.15) is 17.9 Å². The molecular formula is C28H39FN8O2. The van der Waals surface area contributed by atoms with Gasteiger partial charge in [-0.1, -0.05) is 6.92 Å². The molecule has 11 heteroatoms. The van der Waals surface area contributed by atoms with Crippen LogP contribution in [-0.4, -0.2) is 84.3 Å². The number of carbonyl (C=O) groups is 1. The van der Waals surface area contributed by atoms with Crippen molar-refractivity contribution in [1.29, 1.82) is 0 Å². The molecule has 0 amide bonds. The summed E-state index contributed by atoms with van der Waals surface area (Å²) in [6.45, 7) is 11.2. The minimum Gasteiger partial charge on any atom is -0.468 e. The number of fused-ring (bicyclic) bond motifs is 1. The summed E-state index contributed by atoms with van der Waals surface area (Å²) < 4.78 is 20.4. The van der Waals surface area contributed by atoms with Crippen molar-refractivity contribution in [2.75, 3.05) is 45.8 Å². The van der Waals surface area contributed by atoms with Crippen LogP contribution in [0.25, 0.3) is 10.9 Å². The number of hydrogen-bond donors (Lipinski definition) is 3. The van der Waals surface area contributed by atoms with E-state index in [-0.39, 0.29) is 19.0 Å². The lowest BCUT2D eigenvalue weighted by Crippen LogP contribution is -2.32. The molecule has 1 aromatic carbocycles. The van der Waals surface area contributed by atoms with E-state index in [1.165, 1.54) is 0 Å². The van der Waals surface area contributed by atoms with E-state index in [9.17, 15) is 9.18 Å². The number of amidine groups is 1. The quantitative estimate of drug-likeness (QED) is 0.175.